The Balaban J connectivity index is 1.98. The van der Waals surface area contributed by atoms with Crippen LogP contribution in [0.1, 0.15) is 45.1 Å². The average Bonchev–Trinajstić information content (AvgIpc) is 2.25. The zero-order valence-electron chi connectivity index (χ0n) is 11.0. The number of hydrogen-bond acceptors (Lipinski definition) is 3. The summed E-state index contributed by atoms with van der Waals surface area (Å²) in [4.78, 5) is 4.26. The first kappa shape index (κ1) is 12.2. The molecule has 17 heavy (non-hydrogen) atoms. The molecule has 0 radical (unpaired) electrons. The van der Waals surface area contributed by atoms with Crippen LogP contribution in [0.2, 0.25) is 0 Å². The third-order valence-corrected chi connectivity index (χ3v) is 3.58. The molecule has 1 aromatic heterocycles. The first-order valence-electron chi connectivity index (χ1n) is 6.35. The minimum atomic E-state index is 0.278. The van der Waals surface area contributed by atoms with Crippen molar-refractivity contribution in [3.8, 4) is 5.88 Å². The van der Waals surface area contributed by atoms with E-state index in [1.807, 2.05) is 13.0 Å². The van der Waals surface area contributed by atoms with Crippen LogP contribution in [-0.4, -0.2) is 11.1 Å². The topological polar surface area (TPSA) is 48.1 Å². The van der Waals surface area contributed by atoms with Gasteiger partial charge in [0.15, 0.2) is 0 Å². The van der Waals surface area contributed by atoms with Gasteiger partial charge in [-0.15, -0.1) is 0 Å². The molecule has 2 rings (SSSR count). The van der Waals surface area contributed by atoms with E-state index >= 15 is 0 Å². The van der Waals surface area contributed by atoms with Gasteiger partial charge >= 0.3 is 0 Å². The molecule has 0 atom stereocenters. The number of anilines is 1. The van der Waals surface area contributed by atoms with Crippen molar-refractivity contribution in [2.24, 2.45) is 5.41 Å². The Kier molecular flexibility index (Phi) is 3.27. The number of ether oxygens (including phenoxy) is 1. The highest BCUT2D eigenvalue weighted by Crippen LogP contribution is 2.36. The summed E-state index contributed by atoms with van der Waals surface area (Å²) in [5.41, 5.74) is 8.09. The molecule has 1 aliphatic rings. The monoisotopic (exact) mass is 234 g/mol. The number of hydrogen-bond donors (Lipinski definition) is 1. The lowest BCUT2D eigenvalue weighted by atomic mass is 9.76. The third kappa shape index (κ3) is 3.11. The number of nitrogens with two attached hydrogens (primary N) is 1. The lowest BCUT2D eigenvalue weighted by Gasteiger charge is -2.34. The first-order chi connectivity index (χ1) is 7.96. The second-order valence-electron chi connectivity index (χ2n) is 5.89. The number of nitrogens with zero attached hydrogens (tertiary/aromatic N) is 1. The quantitative estimate of drug-likeness (QED) is 0.854. The van der Waals surface area contributed by atoms with E-state index in [1.54, 1.807) is 6.20 Å². The van der Waals surface area contributed by atoms with Gasteiger partial charge in [0.05, 0.1) is 5.69 Å². The summed E-state index contributed by atoms with van der Waals surface area (Å²) >= 11 is 0. The molecule has 3 heteroatoms. The molecular formula is C14H22N2O. The molecule has 0 spiro atoms. The van der Waals surface area contributed by atoms with Crippen molar-refractivity contribution in [2.75, 3.05) is 5.73 Å². The van der Waals surface area contributed by atoms with Crippen molar-refractivity contribution >= 4 is 5.69 Å². The lowest BCUT2D eigenvalue weighted by molar-refractivity contribution is 0.0956. The van der Waals surface area contributed by atoms with Gasteiger partial charge < -0.3 is 10.5 Å². The molecule has 0 bridgehead atoms. The second-order valence-corrected chi connectivity index (χ2v) is 5.89. The standard InChI is InChI=1S/C14H22N2O/c1-10-8-12(15)13(16-9-10)17-11-4-6-14(2,3)7-5-11/h8-9,11H,4-7,15H2,1-3H3. The largest absolute Gasteiger partial charge is 0.473 e. The fourth-order valence-corrected chi connectivity index (χ4v) is 2.33. The van der Waals surface area contributed by atoms with Crippen molar-refractivity contribution in [2.45, 2.75) is 52.6 Å². The average molecular weight is 234 g/mol. The SMILES string of the molecule is Cc1cnc(OC2CCC(C)(C)CC2)c(N)c1. The maximum Gasteiger partial charge on any atom is 0.237 e. The summed E-state index contributed by atoms with van der Waals surface area (Å²) in [6.07, 6.45) is 6.70. The van der Waals surface area contributed by atoms with Gasteiger partial charge in [-0.25, -0.2) is 4.98 Å². The highest BCUT2D eigenvalue weighted by molar-refractivity contribution is 5.49. The fourth-order valence-electron chi connectivity index (χ4n) is 2.33. The van der Waals surface area contributed by atoms with Crippen molar-refractivity contribution < 1.29 is 4.74 Å². The van der Waals surface area contributed by atoms with Gasteiger partial charge in [0.2, 0.25) is 5.88 Å². The van der Waals surface area contributed by atoms with E-state index < -0.39 is 0 Å². The van der Waals surface area contributed by atoms with Crippen molar-refractivity contribution in [1.82, 2.24) is 4.98 Å². The Morgan fingerprint density at radius 3 is 2.59 bits per heavy atom. The predicted molar refractivity (Wildman–Crippen MR) is 70.1 cm³/mol. The van der Waals surface area contributed by atoms with E-state index in [1.165, 1.54) is 12.8 Å². The van der Waals surface area contributed by atoms with E-state index in [0.29, 0.717) is 17.0 Å². The zero-order chi connectivity index (χ0) is 12.5. The van der Waals surface area contributed by atoms with Crippen LogP contribution in [-0.2, 0) is 0 Å². The van der Waals surface area contributed by atoms with Crippen LogP contribution in [0.15, 0.2) is 12.3 Å². The van der Waals surface area contributed by atoms with Gasteiger partial charge in [-0.3, -0.25) is 0 Å². The smallest absolute Gasteiger partial charge is 0.237 e. The Bertz CT molecular complexity index is 391. The van der Waals surface area contributed by atoms with Crippen LogP contribution in [0, 0.1) is 12.3 Å². The second kappa shape index (κ2) is 4.55. The van der Waals surface area contributed by atoms with Crippen LogP contribution in [0.3, 0.4) is 0 Å². The van der Waals surface area contributed by atoms with E-state index in [-0.39, 0.29) is 6.10 Å². The van der Waals surface area contributed by atoms with E-state index in [4.69, 9.17) is 10.5 Å². The van der Waals surface area contributed by atoms with Crippen molar-refractivity contribution in [3.63, 3.8) is 0 Å². The highest BCUT2D eigenvalue weighted by atomic mass is 16.5. The van der Waals surface area contributed by atoms with Gasteiger partial charge in [-0.05, 0) is 49.7 Å². The van der Waals surface area contributed by atoms with Crippen LogP contribution < -0.4 is 10.5 Å². The van der Waals surface area contributed by atoms with Gasteiger partial charge in [-0.1, -0.05) is 13.8 Å². The number of aryl methyl sites for hydroxylation is 1. The zero-order valence-corrected chi connectivity index (χ0v) is 11.0. The lowest BCUT2D eigenvalue weighted by Crippen LogP contribution is -2.28. The summed E-state index contributed by atoms with van der Waals surface area (Å²) in [6, 6.07) is 1.91. The van der Waals surface area contributed by atoms with E-state index in [9.17, 15) is 0 Å². The number of aromatic nitrogens is 1. The van der Waals surface area contributed by atoms with Crippen molar-refractivity contribution in [3.05, 3.63) is 17.8 Å². The Labute approximate surface area is 103 Å². The van der Waals surface area contributed by atoms with Gasteiger partial charge in [0.1, 0.15) is 6.10 Å². The van der Waals surface area contributed by atoms with Crippen LogP contribution >= 0.6 is 0 Å². The summed E-state index contributed by atoms with van der Waals surface area (Å²) in [6.45, 7) is 6.62. The molecule has 1 saturated carbocycles. The summed E-state index contributed by atoms with van der Waals surface area (Å²) in [5.74, 6) is 0.598. The molecule has 0 amide bonds. The third-order valence-electron chi connectivity index (χ3n) is 3.58. The minimum Gasteiger partial charge on any atom is -0.473 e. The summed E-state index contributed by atoms with van der Waals surface area (Å²) in [5, 5.41) is 0. The molecule has 2 N–H and O–H groups in total. The Morgan fingerprint density at radius 1 is 1.35 bits per heavy atom. The Morgan fingerprint density at radius 2 is 2.00 bits per heavy atom. The summed E-state index contributed by atoms with van der Waals surface area (Å²) < 4.78 is 5.90. The van der Waals surface area contributed by atoms with Crippen molar-refractivity contribution in [1.29, 1.82) is 0 Å². The van der Waals surface area contributed by atoms with Crippen LogP contribution in [0.25, 0.3) is 0 Å². The maximum atomic E-state index is 5.90. The molecule has 0 unspecified atom stereocenters. The molecular weight excluding hydrogens is 212 g/mol. The van der Waals surface area contributed by atoms with Gasteiger partial charge in [0, 0.05) is 6.20 Å². The van der Waals surface area contributed by atoms with E-state index in [0.717, 1.165) is 18.4 Å². The molecule has 1 heterocycles. The maximum absolute atomic E-state index is 5.90. The van der Waals surface area contributed by atoms with Gasteiger partial charge in [-0.2, -0.15) is 0 Å². The van der Waals surface area contributed by atoms with Crippen LogP contribution in [0.5, 0.6) is 5.88 Å². The molecule has 0 aliphatic heterocycles. The first-order valence-corrected chi connectivity index (χ1v) is 6.35. The van der Waals surface area contributed by atoms with E-state index in [2.05, 4.69) is 18.8 Å². The predicted octanol–water partition coefficient (Wildman–Crippen LogP) is 3.32. The molecule has 1 aromatic rings. The fraction of sp³-hybridized carbons (Fsp3) is 0.643. The molecule has 3 nitrogen and oxygen atoms in total. The molecule has 0 saturated heterocycles. The number of rotatable bonds is 2. The molecule has 1 fully saturated rings. The molecule has 1 aliphatic carbocycles. The van der Waals surface area contributed by atoms with Gasteiger partial charge in [0.25, 0.3) is 0 Å². The number of pyridine rings is 1. The minimum absolute atomic E-state index is 0.278. The Hall–Kier alpha value is -1.25. The molecule has 94 valence electrons. The molecule has 0 aromatic carbocycles. The summed E-state index contributed by atoms with van der Waals surface area (Å²) in [7, 11) is 0. The highest BCUT2D eigenvalue weighted by Gasteiger charge is 2.28. The number of nitrogen functional groups attached to an aromatic ring is 1. The van der Waals surface area contributed by atoms with Crippen LogP contribution in [0.4, 0.5) is 5.69 Å². The normalized spacial score (nSPS) is 20.2.